The van der Waals surface area contributed by atoms with Crippen molar-refractivity contribution in [3.63, 3.8) is 0 Å². The van der Waals surface area contributed by atoms with Crippen LogP contribution in [0, 0.1) is 10.8 Å². The maximum Gasteiger partial charge on any atom is 0.407 e. The highest BCUT2D eigenvalue weighted by molar-refractivity contribution is 6.42. The van der Waals surface area contributed by atoms with Crippen molar-refractivity contribution in [1.82, 2.24) is 25.8 Å². The predicted molar refractivity (Wildman–Crippen MR) is 216 cm³/mol. The molecule has 3 N–H and O–H groups in total. The van der Waals surface area contributed by atoms with Crippen molar-refractivity contribution < 1.29 is 28.7 Å². The van der Waals surface area contributed by atoms with Crippen molar-refractivity contribution >= 4 is 52.9 Å². The molecule has 2 aromatic rings. The standard InChI is InChI=1S/C42H59Cl2N5O6/c1-6-45-38(53)42(28-30-14-9-7-10-15-30)19-13-23-49(29-42)36(51)34(27-31-17-18-32(43)33(44)26-31)47-37(52)41(5)20-24-48(25-21-41)35(50)16-11-8-12-22-46-39(54)55-40(2,3)4/h7,9-10,14-15,17-18,26,34H,6,8,11-13,16,19-25,27-29H2,1-5H3,(H,45,53)(H,46,54)(H,47,52)/t34-,42+/m1/s1. The molecule has 0 radical (unpaired) electrons. The quantitative estimate of drug-likeness (QED) is 0.171. The van der Waals surface area contributed by atoms with E-state index in [0.29, 0.717) is 87.7 Å². The Bertz CT molecular complexity index is 1640. The highest BCUT2D eigenvalue weighted by Gasteiger charge is 2.45. The van der Waals surface area contributed by atoms with E-state index in [2.05, 4.69) is 16.0 Å². The van der Waals surface area contributed by atoms with Crippen molar-refractivity contribution in [3.8, 4) is 0 Å². The lowest BCUT2D eigenvalue weighted by atomic mass is 9.74. The molecule has 2 aliphatic rings. The van der Waals surface area contributed by atoms with Crippen molar-refractivity contribution in [2.75, 3.05) is 39.3 Å². The molecule has 302 valence electrons. The minimum absolute atomic E-state index is 0.0476. The second kappa shape index (κ2) is 19.9. The van der Waals surface area contributed by atoms with Crippen LogP contribution in [0.25, 0.3) is 0 Å². The van der Waals surface area contributed by atoms with Crippen LogP contribution < -0.4 is 16.0 Å². The Morgan fingerprint density at radius 1 is 0.836 bits per heavy atom. The molecule has 0 unspecified atom stereocenters. The van der Waals surface area contributed by atoms with Crippen LogP contribution in [0.2, 0.25) is 10.0 Å². The number of nitrogens with one attached hydrogen (secondary N) is 3. The summed E-state index contributed by atoms with van der Waals surface area (Å²) in [6.45, 7) is 11.8. The molecule has 5 amide bonds. The second-order valence-electron chi connectivity index (χ2n) is 16.3. The van der Waals surface area contributed by atoms with Gasteiger partial charge < -0.3 is 30.5 Å². The van der Waals surface area contributed by atoms with Crippen LogP contribution in [0.3, 0.4) is 0 Å². The fourth-order valence-corrected chi connectivity index (χ4v) is 7.76. The van der Waals surface area contributed by atoms with Gasteiger partial charge in [-0.2, -0.15) is 0 Å². The molecule has 11 nitrogen and oxygen atoms in total. The zero-order valence-electron chi connectivity index (χ0n) is 33.1. The molecule has 2 aliphatic heterocycles. The molecule has 0 saturated carbocycles. The average molecular weight is 801 g/mol. The molecular formula is C42H59Cl2N5O6. The molecule has 55 heavy (non-hydrogen) atoms. The van der Waals surface area contributed by atoms with Crippen molar-refractivity contribution in [2.45, 2.75) is 110 Å². The fourth-order valence-electron chi connectivity index (χ4n) is 7.44. The van der Waals surface area contributed by atoms with Crippen LogP contribution in [-0.4, -0.2) is 90.4 Å². The van der Waals surface area contributed by atoms with Gasteiger partial charge in [-0.3, -0.25) is 19.2 Å². The Morgan fingerprint density at radius 2 is 1.55 bits per heavy atom. The lowest BCUT2D eigenvalue weighted by Gasteiger charge is -2.43. The van der Waals surface area contributed by atoms with E-state index < -0.39 is 28.6 Å². The zero-order chi connectivity index (χ0) is 40.2. The Morgan fingerprint density at radius 3 is 2.20 bits per heavy atom. The van der Waals surface area contributed by atoms with Gasteiger partial charge >= 0.3 is 6.09 Å². The number of nitrogens with zero attached hydrogens (tertiary/aromatic N) is 2. The second-order valence-corrected chi connectivity index (χ2v) is 17.1. The van der Waals surface area contributed by atoms with Crippen LogP contribution in [0.4, 0.5) is 4.79 Å². The van der Waals surface area contributed by atoms with Crippen molar-refractivity contribution in [2.24, 2.45) is 10.8 Å². The number of benzene rings is 2. The molecule has 0 spiro atoms. The predicted octanol–water partition coefficient (Wildman–Crippen LogP) is 6.72. The SMILES string of the molecule is CCNC(=O)[C@]1(Cc2ccccc2)CCCN(C(=O)[C@@H](Cc2ccc(Cl)c(Cl)c2)NC(=O)C2(C)CCN(C(=O)CCCCCNC(=O)OC(C)(C)C)CC2)C1. The first-order chi connectivity index (χ1) is 26.0. The van der Waals surface area contributed by atoms with Crippen LogP contribution in [0.15, 0.2) is 48.5 Å². The zero-order valence-corrected chi connectivity index (χ0v) is 34.6. The minimum Gasteiger partial charge on any atom is -0.444 e. The summed E-state index contributed by atoms with van der Waals surface area (Å²) in [5.41, 5.74) is -0.387. The number of ether oxygens (including phenoxy) is 1. The molecule has 2 saturated heterocycles. The smallest absolute Gasteiger partial charge is 0.407 e. The third kappa shape index (κ3) is 12.9. The normalized spacial score (nSPS) is 18.9. The third-order valence-electron chi connectivity index (χ3n) is 10.6. The first kappa shape index (κ1) is 43.9. The minimum atomic E-state index is -0.909. The summed E-state index contributed by atoms with van der Waals surface area (Å²) >= 11 is 12.6. The number of unbranched alkanes of at least 4 members (excludes halogenated alkanes) is 2. The number of halogens is 2. The number of rotatable bonds is 15. The van der Waals surface area contributed by atoms with Crippen LogP contribution in [-0.2, 0) is 36.8 Å². The van der Waals surface area contributed by atoms with Gasteiger partial charge in [-0.15, -0.1) is 0 Å². The molecule has 4 rings (SSSR count). The van der Waals surface area contributed by atoms with E-state index in [4.69, 9.17) is 27.9 Å². The van der Waals surface area contributed by atoms with Gasteiger partial charge in [-0.05, 0) is 95.9 Å². The maximum absolute atomic E-state index is 14.5. The number of carbonyl (C=O) groups is 5. The summed E-state index contributed by atoms with van der Waals surface area (Å²) in [6, 6.07) is 14.1. The summed E-state index contributed by atoms with van der Waals surface area (Å²) in [7, 11) is 0. The summed E-state index contributed by atoms with van der Waals surface area (Å²) in [5, 5.41) is 9.62. The largest absolute Gasteiger partial charge is 0.444 e. The molecule has 0 aromatic heterocycles. The van der Waals surface area contributed by atoms with Gasteiger partial charge in [-0.1, -0.05) is 72.9 Å². The highest BCUT2D eigenvalue weighted by Crippen LogP contribution is 2.36. The van der Waals surface area contributed by atoms with Gasteiger partial charge in [0.15, 0.2) is 0 Å². The van der Waals surface area contributed by atoms with Crippen molar-refractivity contribution in [1.29, 1.82) is 0 Å². The third-order valence-corrected chi connectivity index (χ3v) is 11.4. The molecule has 2 heterocycles. The average Bonchev–Trinajstić information content (AvgIpc) is 3.14. The molecule has 2 fully saturated rings. The molecule has 13 heteroatoms. The Hall–Kier alpha value is -3.83. The lowest BCUT2D eigenvalue weighted by Crippen LogP contribution is -2.59. The van der Waals surface area contributed by atoms with Gasteiger partial charge in [0.25, 0.3) is 0 Å². The lowest BCUT2D eigenvalue weighted by molar-refractivity contribution is -0.146. The first-order valence-electron chi connectivity index (χ1n) is 19.6. The number of likely N-dealkylation sites (tertiary alicyclic amines) is 2. The van der Waals surface area contributed by atoms with E-state index in [9.17, 15) is 24.0 Å². The number of carbonyl (C=O) groups excluding carboxylic acids is 5. The van der Waals surface area contributed by atoms with Crippen molar-refractivity contribution in [3.05, 3.63) is 69.7 Å². The highest BCUT2D eigenvalue weighted by atomic mass is 35.5. The van der Waals surface area contributed by atoms with E-state index in [1.54, 1.807) is 23.1 Å². The molecule has 2 atom stereocenters. The van der Waals surface area contributed by atoms with Crippen LogP contribution in [0.1, 0.15) is 97.1 Å². The number of piperidine rings is 2. The summed E-state index contributed by atoms with van der Waals surface area (Å²) in [5.74, 6) is -0.526. The van der Waals surface area contributed by atoms with Gasteiger partial charge in [0.2, 0.25) is 23.6 Å². The molecule has 0 aliphatic carbocycles. The maximum atomic E-state index is 14.5. The van der Waals surface area contributed by atoms with Gasteiger partial charge in [0, 0.05) is 57.5 Å². The summed E-state index contributed by atoms with van der Waals surface area (Å²) in [4.78, 5) is 70.8. The van der Waals surface area contributed by atoms with E-state index in [1.165, 1.54) is 0 Å². The Kier molecular flexibility index (Phi) is 15.8. The topological polar surface area (TPSA) is 137 Å². The van der Waals surface area contributed by atoms with E-state index in [0.717, 1.165) is 24.0 Å². The number of alkyl carbamates (subject to hydrolysis) is 1. The van der Waals surface area contributed by atoms with Crippen LogP contribution >= 0.6 is 23.2 Å². The van der Waals surface area contributed by atoms with Gasteiger partial charge in [-0.25, -0.2) is 4.79 Å². The van der Waals surface area contributed by atoms with Gasteiger partial charge in [0.05, 0.1) is 15.5 Å². The number of hydrogen-bond donors (Lipinski definition) is 3. The Labute approximate surface area is 336 Å². The molecule has 0 bridgehead atoms. The Balaban J connectivity index is 1.39. The number of amides is 5. The van der Waals surface area contributed by atoms with Crippen LogP contribution in [0.5, 0.6) is 0 Å². The molecule has 2 aromatic carbocycles. The monoisotopic (exact) mass is 799 g/mol. The number of hydrogen-bond acceptors (Lipinski definition) is 6. The summed E-state index contributed by atoms with van der Waals surface area (Å²) in [6.07, 6.45) is 5.06. The van der Waals surface area contributed by atoms with E-state index >= 15 is 0 Å². The van der Waals surface area contributed by atoms with E-state index in [-0.39, 0.29) is 36.6 Å². The summed E-state index contributed by atoms with van der Waals surface area (Å²) < 4.78 is 5.25. The van der Waals surface area contributed by atoms with E-state index in [1.807, 2.05) is 69.9 Å². The van der Waals surface area contributed by atoms with Gasteiger partial charge in [0.1, 0.15) is 11.6 Å². The first-order valence-corrected chi connectivity index (χ1v) is 20.4. The molecular weight excluding hydrogens is 741 g/mol. The fraction of sp³-hybridized carbons (Fsp3) is 0.595.